The van der Waals surface area contributed by atoms with Gasteiger partial charge in [-0.05, 0) is 31.4 Å². The van der Waals surface area contributed by atoms with E-state index in [1.54, 1.807) is 0 Å². The summed E-state index contributed by atoms with van der Waals surface area (Å²) >= 11 is 0. The second-order valence-electron chi connectivity index (χ2n) is 7.84. The van der Waals surface area contributed by atoms with E-state index in [1.165, 1.54) is 6.42 Å². The SMILES string of the molecule is Cc1ccc(-c2nnc3n2CCCCC3)cc1NC(=O)c1n[nH]c2c1CNCC2. The highest BCUT2D eigenvalue weighted by molar-refractivity contribution is 6.04. The van der Waals surface area contributed by atoms with Gasteiger partial charge < -0.3 is 15.2 Å². The standard InChI is InChI=1S/C21H25N7O/c1-13-6-7-14(20-27-25-18-5-3-2-4-10-28(18)20)11-17(13)23-21(29)19-15-12-22-9-8-16(15)24-26-19/h6-7,11,22H,2-5,8-10,12H2,1H3,(H,23,29)(H,24,26). The van der Waals surface area contributed by atoms with Crippen LogP contribution in [0, 0.1) is 6.92 Å². The third kappa shape index (κ3) is 3.33. The predicted molar refractivity (Wildman–Crippen MR) is 110 cm³/mol. The molecule has 0 radical (unpaired) electrons. The number of fused-ring (bicyclic) bond motifs is 2. The lowest BCUT2D eigenvalue weighted by Gasteiger charge is -2.14. The molecule has 8 heteroatoms. The summed E-state index contributed by atoms with van der Waals surface area (Å²) in [6, 6.07) is 6.06. The Hall–Kier alpha value is -3.00. The molecule has 0 saturated carbocycles. The van der Waals surface area contributed by atoms with Crippen molar-refractivity contribution in [3.8, 4) is 11.4 Å². The van der Waals surface area contributed by atoms with E-state index >= 15 is 0 Å². The number of amides is 1. The van der Waals surface area contributed by atoms with Crippen molar-refractivity contribution in [1.29, 1.82) is 0 Å². The average molecular weight is 391 g/mol. The molecule has 29 heavy (non-hydrogen) atoms. The van der Waals surface area contributed by atoms with Crippen molar-refractivity contribution in [2.24, 2.45) is 0 Å². The number of aryl methyl sites for hydroxylation is 2. The molecule has 0 fully saturated rings. The first-order chi connectivity index (χ1) is 14.2. The molecule has 0 aliphatic carbocycles. The first kappa shape index (κ1) is 18.1. The zero-order chi connectivity index (χ0) is 19.8. The van der Waals surface area contributed by atoms with Crippen LogP contribution in [0.15, 0.2) is 18.2 Å². The highest BCUT2D eigenvalue weighted by Crippen LogP contribution is 2.27. The molecule has 0 saturated heterocycles. The van der Waals surface area contributed by atoms with Gasteiger partial charge in [-0.25, -0.2) is 0 Å². The van der Waals surface area contributed by atoms with Crippen molar-refractivity contribution in [1.82, 2.24) is 30.3 Å². The van der Waals surface area contributed by atoms with E-state index in [-0.39, 0.29) is 5.91 Å². The molecule has 0 bridgehead atoms. The van der Waals surface area contributed by atoms with E-state index in [2.05, 4.69) is 35.6 Å². The van der Waals surface area contributed by atoms with Gasteiger partial charge in [0.05, 0.1) is 0 Å². The Balaban J connectivity index is 1.44. The van der Waals surface area contributed by atoms with Gasteiger partial charge in [-0.15, -0.1) is 10.2 Å². The van der Waals surface area contributed by atoms with Crippen LogP contribution in [0.25, 0.3) is 11.4 Å². The minimum atomic E-state index is -0.188. The molecule has 1 amide bonds. The number of anilines is 1. The monoisotopic (exact) mass is 391 g/mol. The molecule has 1 aromatic carbocycles. The van der Waals surface area contributed by atoms with Crippen LogP contribution in [0.1, 0.15) is 52.4 Å². The number of nitrogens with zero attached hydrogens (tertiary/aromatic N) is 4. The summed E-state index contributed by atoms with van der Waals surface area (Å²) in [5.74, 6) is 1.74. The van der Waals surface area contributed by atoms with Crippen LogP contribution in [-0.2, 0) is 25.9 Å². The molecule has 3 aromatic rings. The van der Waals surface area contributed by atoms with Gasteiger partial charge in [0, 0.05) is 55.0 Å². The van der Waals surface area contributed by atoms with Gasteiger partial charge in [-0.1, -0.05) is 18.6 Å². The van der Waals surface area contributed by atoms with E-state index in [4.69, 9.17) is 0 Å². The predicted octanol–water partition coefficient (Wildman–Crippen LogP) is 2.60. The number of aromatic amines is 1. The lowest BCUT2D eigenvalue weighted by atomic mass is 10.1. The fraction of sp³-hybridized carbons (Fsp3) is 0.429. The first-order valence-electron chi connectivity index (χ1n) is 10.3. The summed E-state index contributed by atoms with van der Waals surface area (Å²) in [6.45, 7) is 4.50. The lowest BCUT2D eigenvalue weighted by Crippen LogP contribution is -2.25. The molecule has 0 unspecified atom stereocenters. The minimum absolute atomic E-state index is 0.188. The van der Waals surface area contributed by atoms with Gasteiger partial charge >= 0.3 is 0 Å². The number of hydrogen-bond acceptors (Lipinski definition) is 5. The summed E-state index contributed by atoms with van der Waals surface area (Å²) in [7, 11) is 0. The fourth-order valence-electron chi connectivity index (χ4n) is 4.19. The molecular weight excluding hydrogens is 366 g/mol. The number of carbonyl (C=O) groups excluding carboxylic acids is 1. The molecule has 0 spiro atoms. The third-order valence-electron chi connectivity index (χ3n) is 5.87. The topological polar surface area (TPSA) is 101 Å². The quantitative estimate of drug-likeness (QED) is 0.637. The number of rotatable bonds is 3. The minimum Gasteiger partial charge on any atom is -0.320 e. The number of aromatic nitrogens is 5. The normalized spacial score (nSPS) is 16.0. The summed E-state index contributed by atoms with van der Waals surface area (Å²) in [4.78, 5) is 12.9. The zero-order valence-corrected chi connectivity index (χ0v) is 16.6. The Morgan fingerprint density at radius 1 is 1.17 bits per heavy atom. The summed E-state index contributed by atoms with van der Waals surface area (Å²) < 4.78 is 2.22. The van der Waals surface area contributed by atoms with Gasteiger partial charge in [0.1, 0.15) is 5.82 Å². The van der Waals surface area contributed by atoms with Crippen LogP contribution in [0.4, 0.5) is 5.69 Å². The highest BCUT2D eigenvalue weighted by atomic mass is 16.2. The van der Waals surface area contributed by atoms with Gasteiger partial charge in [0.2, 0.25) is 0 Å². The van der Waals surface area contributed by atoms with Gasteiger partial charge in [0.15, 0.2) is 11.5 Å². The van der Waals surface area contributed by atoms with Crippen LogP contribution < -0.4 is 10.6 Å². The van der Waals surface area contributed by atoms with Gasteiger partial charge in [-0.2, -0.15) is 5.10 Å². The van der Waals surface area contributed by atoms with Crippen molar-refractivity contribution in [3.05, 3.63) is 46.5 Å². The van der Waals surface area contributed by atoms with Crippen molar-refractivity contribution in [2.45, 2.75) is 52.1 Å². The largest absolute Gasteiger partial charge is 0.320 e. The third-order valence-corrected chi connectivity index (χ3v) is 5.87. The second-order valence-corrected chi connectivity index (χ2v) is 7.84. The molecule has 2 aromatic heterocycles. The van der Waals surface area contributed by atoms with Gasteiger partial charge in [0.25, 0.3) is 5.91 Å². The Labute approximate surface area is 169 Å². The highest BCUT2D eigenvalue weighted by Gasteiger charge is 2.22. The lowest BCUT2D eigenvalue weighted by molar-refractivity contribution is 0.102. The van der Waals surface area contributed by atoms with Crippen molar-refractivity contribution in [2.75, 3.05) is 11.9 Å². The van der Waals surface area contributed by atoms with E-state index in [9.17, 15) is 4.79 Å². The molecular formula is C21H25N7O. The average Bonchev–Trinajstić information content (AvgIpc) is 3.27. The van der Waals surface area contributed by atoms with Crippen LogP contribution >= 0.6 is 0 Å². The van der Waals surface area contributed by atoms with Crippen LogP contribution in [0.2, 0.25) is 0 Å². The number of nitrogens with one attached hydrogen (secondary N) is 3. The molecule has 0 atom stereocenters. The molecule has 5 rings (SSSR count). The Bertz CT molecular complexity index is 1070. The maximum atomic E-state index is 12.9. The molecule has 2 aliphatic heterocycles. The maximum absolute atomic E-state index is 12.9. The first-order valence-corrected chi connectivity index (χ1v) is 10.3. The maximum Gasteiger partial charge on any atom is 0.276 e. The molecule has 2 aliphatic rings. The Morgan fingerprint density at radius 2 is 2.10 bits per heavy atom. The van der Waals surface area contributed by atoms with Gasteiger partial charge in [-0.3, -0.25) is 9.89 Å². The zero-order valence-electron chi connectivity index (χ0n) is 16.6. The second kappa shape index (κ2) is 7.44. The van der Waals surface area contributed by atoms with Crippen molar-refractivity contribution in [3.63, 3.8) is 0 Å². The van der Waals surface area contributed by atoms with E-state index in [0.29, 0.717) is 12.2 Å². The smallest absolute Gasteiger partial charge is 0.276 e. The van der Waals surface area contributed by atoms with Crippen LogP contribution in [0.3, 0.4) is 0 Å². The Morgan fingerprint density at radius 3 is 3.03 bits per heavy atom. The molecule has 8 nitrogen and oxygen atoms in total. The molecule has 3 N–H and O–H groups in total. The fourth-order valence-corrected chi connectivity index (χ4v) is 4.19. The van der Waals surface area contributed by atoms with Crippen LogP contribution in [-0.4, -0.2) is 37.4 Å². The molecule has 4 heterocycles. The molecule has 150 valence electrons. The van der Waals surface area contributed by atoms with E-state index in [1.807, 2.05) is 25.1 Å². The Kier molecular flexibility index (Phi) is 4.63. The number of hydrogen-bond donors (Lipinski definition) is 3. The number of benzene rings is 1. The number of carbonyl (C=O) groups is 1. The summed E-state index contributed by atoms with van der Waals surface area (Å²) in [6.07, 6.45) is 5.37. The van der Waals surface area contributed by atoms with E-state index < -0.39 is 0 Å². The van der Waals surface area contributed by atoms with Crippen molar-refractivity contribution >= 4 is 11.6 Å². The number of H-pyrrole nitrogens is 1. The van der Waals surface area contributed by atoms with E-state index in [0.717, 1.165) is 78.5 Å². The van der Waals surface area contributed by atoms with Crippen LogP contribution in [0.5, 0.6) is 0 Å². The van der Waals surface area contributed by atoms with Crippen molar-refractivity contribution < 1.29 is 4.79 Å². The summed E-state index contributed by atoms with van der Waals surface area (Å²) in [5, 5.41) is 22.5. The summed E-state index contributed by atoms with van der Waals surface area (Å²) in [5.41, 5.74) is 5.22.